The number of nitrogens with zero attached hydrogens (tertiary/aromatic N) is 1. The number of hydrogen-bond acceptors (Lipinski definition) is 2. The van der Waals surface area contributed by atoms with Gasteiger partial charge in [0.05, 0.1) is 5.54 Å². The number of rotatable bonds is 3. The Balaban J connectivity index is 2.07. The third-order valence-corrected chi connectivity index (χ3v) is 3.65. The van der Waals surface area contributed by atoms with Crippen molar-refractivity contribution in [3.05, 3.63) is 30.1 Å². The highest BCUT2D eigenvalue weighted by Gasteiger charge is 2.34. The van der Waals surface area contributed by atoms with E-state index in [-0.39, 0.29) is 11.4 Å². The zero-order valence-corrected chi connectivity index (χ0v) is 9.83. The summed E-state index contributed by atoms with van der Waals surface area (Å²) < 4.78 is 0. The van der Waals surface area contributed by atoms with Gasteiger partial charge in [0, 0.05) is 23.8 Å². The van der Waals surface area contributed by atoms with Crippen LogP contribution in [0.15, 0.2) is 24.5 Å². The van der Waals surface area contributed by atoms with Gasteiger partial charge in [-0.05, 0) is 25.0 Å². The lowest BCUT2D eigenvalue weighted by Gasteiger charge is -2.27. The molecule has 1 aromatic heterocycles. The molecule has 16 heavy (non-hydrogen) atoms. The lowest BCUT2D eigenvalue weighted by Crippen LogP contribution is -2.47. The molecule has 86 valence electrons. The van der Waals surface area contributed by atoms with Crippen molar-refractivity contribution in [3.8, 4) is 0 Å². The Labute approximate surface area is 100 Å². The number of alkyl halides is 1. The molecule has 0 spiro atoms. The minimum atomic E-state index is -0.193. The van der Waals surface area contributed by atoms with Crippen molar-refractivity contribution in [2.75, 3.05) is 5.88 Å². The van der Waals surface area contributed by atoms with Crippen LogP contribution in [-0.2, 0) is 0 Å². The standard InChI is InChI=1S/C12H15ClN2O/c13-9-12(5-1-2-6-12)15-11(16)10-3-7-14-8-4-10/h3-4,7-8H,1-2,5-6,9H2,(H,15,16). The molecule has 1 aromatic rings. The first-order chi connectivity index (χ1) is 7.76. The highest BCUT2D eigenvalue weighted by Crippen LogP contribution is 2.30. The summed E-state index contributed by atoms with van der Waals surface area (Å²) in [6.07, 6.45) is 7.49. The van der Waals surface area contributed by atoms with Crippen LogP contribution in [0, 0.1) is 0 Å². The predicted octanol–water partition coefficient (Wildman–Crippen LogP) is 2.36. The fraction of sp³-hybridized carbons (Fsp3) is 0.500. The summed E-state index contributed by atoms with van der Waals surface area (Å²) in [5.41, 5.74) is 0.452. The van der Waals surface area contributed by atoms with Gasteiger partial charge in [-0.2, -0.15) is 0 Å². The third-order valence-electron chi connectivity index (χ3n) is 3.14. The lowest BCUT2D eigenvalue weighted by atomic mass is 10.00. The minimum Gasteiger partial charge on any atom is -0.345 e. The molecule has 1 aliphatic rings. The monoisotopic (exact) mass is 238 g/mol. The van der Waals surface area contributed by atoms with Gasteiger partial charge in [-0.3, -0.25) is 9.78 Å². The Morgan fingerprint density at radius 1 is 1.38 bits per heavy atom. The molecular formula is C12H15ClN2O. The molecule has 0 atom stereocenters. The number of carbonyl (C=O) groups excluding carboxylic acids is 1. The molecule has 0 aliphatic heterocycles. The van der Waals surface area contributed by atoms with Crippen LogP contribution >= 0.6 is 11.6 Å². The van der Waals surface area contributed by atoms with Crippen molar-refractivity contribution in [2.45, 2.75) is 31.2 Å². The van der Waals surface area contributed by atoms with Crippen LogP contribution in [0.25, 0.3) is 0 Å². The first kappa shape index (κ1) is 11.4. The number of aromatic nitrogens is 1. The summed E-state index contributed by atoms with van der Waals surface area (Å²) in [4.78, 5) is 15.9. The van der Waals surface area contributed by atoms with Gasteiger partial charge in [0.15, 0.2) is 0 Å². The van der Waals surface area contributed by atoms with Crippen molar-refractivity contribution in [1.82, 2.24) is 10.3 Å². The Kier molecular flexibility index (Phi) is 3.44. The molecule has 0 radical (unpaired) electrons. The molecule has 1 fully saturated rings. The molecule has 3 nitrogen and oxygen atoms in total. The van der Waals surface area contributed by atoms with Gasteiger partial charge in [0.1, 0.15) is 0 Å². The van der Waals surface area contributed by atoms with E-state index < -0.39 is 0 Å². The van der Waals surface area contributed by atoms with Gasteiger partial charge in [0.2, 0.25) is 0 Å². The van der Waals surface area contributed by atoms with Crippen LogP contribution in [0.4, 0.5) is 0 Å². The second-order valence-electron chi connectivity index (χ2n) is 4.31. The summed E-state index contributed by atoms with van der Waals surface area (Å²) in [5, 5.41) is 3.06. The average Bonchev–Trinajstić information content (AvgIpc) is 2.79. The summed E-state index contributed by atoms with van der Waals surface area (Å²) in [7, 11) is 0. The van der Waals surface area contributed by atoms with Gasteiger partial charge in [-0.25, -0.2) is 0 Å². The number of hydrogen-bond donors (Lipinski definition) is 1. The quantitative estimate of drug-likeness (QED) is 0.822. The molecule has 4 heteroatoms. The number of halogens is 1. The Morgan fingerprint density at radius 2 is 2.00 bits per heavy atom. The number of pyridine rings is 1. The second kappa shape index (κ2) is 4.83. The largest absolute Gasteiger partial charge is 0.345 e. The second-order valence-corrected chi connectivity index (χ2v) is 4.58. The molecular weight excluding hydrogens is 224 g/mol. The number of amides is 1. The molecule has 1 heterocycles. The summed E-state index contributed by atoms with van der Waals surface area (Å²) in [5.74, 6) is 0.439. The number of carbonyl (C=O) groups is 1. The van der Waals surface area contributed by atoms with E-state index >= 15 is 0 Å². The Hall–Kier alpha value is -1.09. The van der Waals surface area contributed by atoms with Crippen LogP contribution in [0.3, 0.4) is 0 Å². The normalized spacial score (nSPS) is 18.3. The Morgan fingerprint density at radius 3 is 2.56 bits per heavy atom. The molecule has 1 saturated carbocycles. The fourth-order valence-electron chi connectivity index (χ4n) is 2.16. The van der Waals surface area contributed by atoms with Crippen molar-refractivity contribution < 1.29 is 4.79 Å². The predicted molar refractivity (Wildman–Crippen MR) is 63.6 cm³/mol. The molecule has 0 unspecified atom stereocenters. The number of nitrogens with one attached hydrogen (secondary N) is 1. The molecule has 0 saturated heterocycles. The average molecular weight is 239 g/mol. The first-order valence-electron chi connectivity index (χ1n) is 5.54. The van der Waals surface area contributed by atoms with E-state index in [0.29, 0.717) is 11.4 Å². The van der Waals surface area contributed by atoms with E-state index in [1.165, 1.54) is 0 Å². The van der Waals surface area contributed by atoms with Crippen LogP contribution in [0.2, 0.25) is 0 Å². The molecule has 0 aromatic carbocycles. The van der Waals surface area contributed by atoms with Crippen molar-refractivity contribution in [3.63, 3.8) is 0 Å². The highest BCUT2D eigenvalue weighted by atomic mass is 35.5. The maximum atomic E-state index is 12.0. The maximum Gasteiger partial charge on any atom is 0.251 e. The van der Waals surface area contributed by atoms with Crippen LogP contribution in [-0.4, -0.2) is 22.3 Å². The van der Waals surface area contributed by atoms with Gasteiger partial charge in [-0.15, -0.1) is 11.6 Å². The summed E-state index contributed by atoms with van der Waals surface area (Å²) in [6.45, 7) is 0. The molecule has 1 N–H and O–H groups in total. The fourth-order valence-corrected chi connectivity index (χ4v) is 2.49. The summed E-state index contributed by atoms with van der Waals surface area (Å²) >= 11 is 5.97. The van der Waals surface area contributed by atoms with Crippen molar-refractivity contribution in [2.24, 2.45) is 0 Å². The van der Waals surface area contributed by atoms with Gasteiger partial charge < -0.3 is 5.32 Å². The van der Waals surface area contributed by atoms with Gasteiger partial charge >= 0.3 is 0 Å². The van der Waals surface area contributed by atoms with Crippen LogP contribution in [0.1, 0.15) is 36.0 Å². The first-order valence-corrected chi connectivity index (χ1v) is 6.08. The lowest BCUT2D eigenvalue weighted by molar-refractivity contribution is 0.0909. The minimum absolute atomic E-state index is 0.0510. The van der Waals surface area contributed by atoms with Gasteiger partial charge in [0.25, 0.3) is 5.91 Å². The van der Waals surface area contributed by atoms with E-state index in [0.717, 1.165) is 25.7 Å². The SMILES string of the molecule is O=C(NC1(CCl)CCCC1)c1ccncc1. The highest BCUT2D eigenvalue weighted by molar-refractivity contribution is 6.19. The maximum absolute atomic E-state index is 12.0. The smallest absolute Gasteiger partial charge is 0.251 e. The molecule has 1 amide bonds. The molecule has 1 aliphatic carbocycles. The topological polar surface area (TPSA) is 42.0 Å². The van der Waals surface area contributed by atoms with Crippen LogP contribution in [0.5, 0.6) is 0 Å². The van der Waals surface area contributed by atoms with Crippen molar-refractivity contribution >= 4 is 17.5 Å². The zero-order chi connectivity index (χ0) is 11.4. The van der Waals surface area contributed by atoms with E-state index in [2.05, 4.69) is 10.3 Å². The van der Waals surface area contributed by atoms with Crippen molar-refractivity contribution in [1.29, 1.82) is 0 Å². The zero-order valence-electron chi connectivity index (χ0n) is 9.08. The molecule has 0 bridgehead atoms. The van der Waals surface area contributed by atoms with E-state index in [1.54, 1.807) is 24.5 Å². The van der Waals surface area contributed by atoms with E-state index in [1.807, 2.05) is 0 Å². The summed E-state index contributed by atoms with van der Waals surface area (Å²) in [6, 6.07) is 3.43. The van der Waals surface area contributed by atoms with E-state index in [4.69, 9.17) is 11.6 Å². The molecule has 2 rings (SSSR count). The van der Waals surface area contributed by atoms with Crippen LogP contribution < -0.4 is 5.32 Å². The van der Waals surface area contributed by atoms with E-state index in [9.17, 15) is 4.79 Å². The third kappa shape index (κ3) is 2.35. The van der Waals surface area contributed by atoms with Gasteiger partial charge in [-0.1, -0.05) is 12.8 Å². The Bertz CT molecular complexity index is 361.